The quantitative estimate of drug-likeness (QED) is 0.215. The SMILES string of the molecule is CCCCCCCC/C=C\CCCCCCCC=O.N. The number of carbonyl (C=O) groups is 1. The molecule has 0 aromatic rings. The Morgan fingerprint density at radius 2 is 1.00 bits per heavy atom. The van der Waals surface area contributed by atoms with Crippen LogP contribution in [0.5, 0.6) is 0 Å². The van der Waals surface area contributed by atoms with Gasteiger partial charge in [0, 0.05) is 6.42 Å². The molecule has 0 aliphatic rings. The summed E-state index contributed by atoms with van der Waals surface area (Å²) in [6, 6.07) is 0. The van der Waals surface area contributed by atoms with E-state index in [-0.39, 0.29) is 6.15 Å². The molecule has 0 unspecified atom stereocenters. The molecule has 0 atom stereocenters. The van der Waals surface area contributed by atoms with Crippen LogP contribution in [0.25, 0.3) is 0 Å². The summed E-state index contributed by atoms with van der Waals surface area (Å²) < 4.78 is 0. The fourth-order valence-corrected chi connectivity index (χ4v) is 2.30. The zero-order valence-corrected chi connectivity index (χ0v) is 13.7. The zero-order chi connectivity index (χ0) is 14.0. The van der Waals surface area contributed by atoms with Crippen molar-refractivity contribution in [2.75, 3.05) is 0 Å². The van der Waals surface area contributed by atoms with Crippen LogP contribution >= 0.6 is 0 Å². The summed E-state index contributed by atoms with van der Waals surface area (Å²) in [5.41, 5.74) is 0. The van der Waals surface area contributed by atoms with Crippen molar-refractivity contribution < 1.29 is 4.79 Å². The highest BCUT2D eigenvalue weighted by molar-refractivity contribution is 5.48. The Balaban J connectivity index is 0. The van der Waals surface area contributed by atoms with E-state index < -0.39 is 0 Å². The van der Waals surface area contributed by atoms with E-state index in [2.05, 4.69) is 19.1 Å². The first-order valence-electron chi connectivity index (χ1n) is 8.50. The minimum atomic E-state index is 0. The fourth-order valence-electron chi connectivity index (χ4n) is 2.30. The van der Waals surface area contributed by atoms with Crippen molar-refractivity contribution in [2.24, 2.45) is 0 Å². The summed E-state index contributed by atoms with van der Waals surface area (Å²) in [5, 5.41) is 0. The van der Waals surface area contributed by atoms with Crippen molar-refractivity contribution in [1.29, 1.82) is 0 Å². The molecule has 0 aromatic heterocycles. The molecule has 0 amide bonds. The van der Waals surface area contributed by atoms with Crippen LogP contribution in [-0.2, 0) is 4.79 Å². The highest BCUT2D eigenvalue weighted by Crippen LogP contribution is 2.09. The van der Waals surface area contributed by atoms with E-state index in [4.69, 9.17) is 0 Å². The Labute approximate surface area is 127 Å². The molecule has 0 heterocycles. The van der Waals surface area contributed by atoms with Crippen molar-refractivity contribution in [3.05, 3.63) is 12.2 Å². The van der Waals surface area contributed by atoms with Crippen LogP contribution in [0.15, 0.2) is 12.2 Å². The van der Waals surface area contributed by atoms with E-state index in [9.17, 15) is 4.79 Å². The van der Waals surface area contributed by atoms with Crippen LogP contribution in [0.2, 0.25) is 0 Å². The Hall–Kier alpha value is -0.630. The summed E-state index contributed by atoms with van der Waals surface area (Å²) in [4.78, 5) is 10.1. The average molecular weight is 283 g/mol. The molecule has 0 saturated carbocycles. The van der Waals surface area contributed by atoms with E-state index in [0.717, 1.165) is 19.1 Å². The number of allylic oxidation sites excluding steroid dienone is 2. The van der Waals surface area contributed by atoms with Gasteiger partial charge in [0.05, 0.1) is 0 Å². The Kier molecular flexibility index (Phi) is 22.4. The van der Waals surface area contributed by atoms with Gasteiger partial charge in [-0.25, -0.2) is 0 Å². The molecule has 0 radical (unpaired) electrons. The van der Waals surface area contributed by atoms with Crippen LogP contribution in [0, 0.1) is 0 Å². The van der Waals surface area contributed by atoms with Crippen molar-refractivity contribution in [3.8, 4) is 0 Å². The molecule has 0 aromatic carbocycles. The third-order valence-corrected chi connectivity index (χ3v) is 3.58. The molecule has 2 nitrogen and oxygen atoms in total. The zero-order valence-electron chi connectivity index (χ0n) is 13.7. The number of rotatable bonds is 15. The molecule has 0 rings (SSSR count). The lowest BCUT2D eigenvalue weighted by Crippen LogP contribution is -1.80. The van der Waals surface area contributed by atoms with Gasteiger partial charge in [-0.15, -0.1) is 0 Å². The van der Waals surface area contributed by atoms with E-state index in [1.165, 1.54) is 77.0 Å². The minimum absolute atomic E-state index is 0. The second-order valence-corrected chi connectivity index (χ2v) is 5.54. The van der Waals surface area contributed by atoms with Crippen LogP contribution in [0.3, 0.4) is 0 Å². The van der Waals surface area contributed by atoms with Crippen molar-refractivity contribution >= 4 is 6.29 Å². The fraction of sp³-hybridized carbons (Fsp3) is 0.833. The van der Waals surface area contributed by atoms with E-state index in [0.29, 0.717) is 0 Å². The van der Waals surface area contributed by atoms with Gasteiger partial charge >= 0.3 is 0 Å². The number of aldehydes is 1. The predicted octanol–water partition coefficient (Wildman–Crippen LogP) is 6.38. The topological polar surface area (TPSA) is 52.1 Å². The molecule has 2 heteroatoms. The van der Waals surface area contributed by atoms with E-state index in [1.54, 1.807) is 0 Å². The first-order valence-corrected chi connectivity index (χ1v) is 8.50. The summed E-state index contributed by atoms with van der Waals surface area (Å²) in [5.74, 6) is 0. The van der Waals surface area contributed by atoms with Gasteiger partial charge < -0.3 is 10.9 Å². The molecule has 20 heavy (non-hydrogen) atoms. The molecule has 0 spiro atoms. The first-order chi connectivity index (χ1) is 9.41. The Morgan fingerprint density at radius 3 is 1.45 bits per heavy atom. The number of hydrogen-bond donors (Lipinski definition) is 1. The smallest absolute Gasteiger partial charge is 0.119 e. The number of carbonyl (C=O) groups excluding carboxylic acids is 1. The molecular weight excluding hydrogens is 246 g/mol. The van der Waals surface area contributed by atoms with Crippen LogP contribution in [-0.4, -0.2) is 6.29 Å². The van der Waals surface area contributed by atoms with Crippen LogP contribution in [0.4, 0.5) is 0 Å². The van der Waals surface area contributed by atoms with Gasteiger partial charge in [0.1, 0.15) is 6.29 Å². The van der Waals surface area contributed by atoms with Gasteiger partial charge in [-0.1, -0.05) is 70.4 Å². The van der Waals surface area contributed by atoms with Crippen molar-refractivity contribution in [1.82, 2.24) is 6.15 Å². The molecule has 120 valence electrons. The third kappa shape index (κ3) is 19.7. The third-order valence-electron chi connectivity index (χ3n) is 3.58. The molecule has 0 bridgehead atoms. The van der Waals surface area contributed by atoms with Crippen LogP contribution < -0.4 is 6.15 Å². The average Bonchev–Trinajstić information content (AvgIpc) is 2.43. The molecule has 0 aliphatic carbocycles. The summed E-state index contributed by atoms with van der Waals surface area (Å²) >= 11 is 0. The van der Waals surface area contributed by atoms with Crippen LogP contribution in [0.1, 0.15) is 96.8 Å². The minimum Gasteiger partial charge on any atom is -0.344 e. The van der Waals surface area contributed by atoms with Gasteiger partial charge in [-0.05, 0) is 32.1 Å². The van der Waals surface area contributed by atoms with Gasteiger partial charge in [-0.2, -0.15) is 0 Å². The second kappa shape index (κ2) is 20.7. The summed E-state index contributed by atoms with van der Waals surface area (Å²) in [7, 11) is 0. The maximum Gasteiger partial charge on any atom is 0.119 e. The monoisotopic (exact) mass is 283 g/mol. The summed E-state index contributed by atoms with van der Waals surface area (Å²) in [6.45, 7) is 2.27. The van der Waals surface area contributed by atoms with Gasteiger partial charge in [0.2, 0.25) is 0 Å². The maximum atomic E-state index is 10.1. The predicted molar refractivity (Wildman–Crippen MR) is 90.5 cm³/mol. The van der Waals surface area contributed by atoms with Gasteiger partial charge in [0.25, 0.3) is 0 Å². The lowest BCUT2D eigenvalue weighted by Gasteiger charge is -1.98. The van der Waals surface area contributed by atoms with Gasteiger partial charge in [-0.3, -0.25) is 0 Å². The largest absolute Gasteiger partial charge is 0.344 e. The van der Waals surface area contributed by atoms with E-state index in [1.807, 2.05) is 0 Å². The highest BCUT2D eigenvalue weighted by Gasteiger charge is 1.90. The molecular formula is C18H37NO. The number of unbranched alkanes of at least 4 members (excludes halogenated alkanes) is 12. The lowest BCUT2D eigenvalue weighted by molar-refractivity contribution is -0.107. The maximum absolute atomic E-state index is 10.1. The summed E-state index contributed by atoms with van der Waals surface area (Å²) in [6.07, 6.45) is 23.6. The molecule has 0 aliphatic heterocycles. The standard InChI is InChI=1S/C18H34O.H3N/c1-2-3-4-5-6-7-8-9-10-11-12-13-14-15-16-17-18-19;/h9-10,18H,2-8,11-17H2,1H3;1H3/b10-9-;. The molecule has 0 fully saturated rings. The Morgan fingerprint density at radius 1 is 0.600 bits per heavy atom. The molecule has 0 saturated heterocycles. The first kappa shape index (κ1) is 21.7. The van der Waals surface area contributed by atoms with Crippen molar-refractivity contribution in [2.45, 2.75) is 96.8 Å². The molecule has 3 N–H and O–H groups in total. The normalized spacial score (nSPS) is 10.7. The highest BCUT2D eigenvalue weighted by atomic mass is 16.1. The second-order valence-electron chi connectivity index (χ2n) is 5.54. The van der Waals surface area contributed by atoms with Gasteiger partial charge in [0.15, 0.2) is 0 Å². The number of hydrogen-bond acceptors (Lipinski definition) is 2. The van der Waals surface area contributed by atoms with E-state index >= 15 is 0 Å². The lowest BCUT2D eigenvalue weighted by atomic mass is 10.1. The Bertz CT molecular complexity index is 202. The van der Waals surface area contributed by atoms with Crippen molar-refractivity contribution in [3.63, 3.8) is 0 Å².